The van der Waals surface area contributed by atoms with Gasteiger partial charge in [0, 0.05) is 12.4 Å². The molecule has 2 rings (SSSR count). The smallest absolute Gasteiger partial charge is 0.0761 e. The molecule has 0 saturated carbocycles. The molecule has 0 unspecified atom stereocenters. The van der Waals surface area contributed by atoms with E-state index < -0.39 is 6.10 Å². The number of pyridine rings is 1. The fraction of sp³-hybridized carbons (Fsp3) is 0.214. The van der Waals surface area contributed by atoms with Gasteiger partial charge in [0.15, 0.2) is 0 Å². The number of hydrogen-bond acceptors (Lipinski definition) is 2. The minimum atomic E-state index is -0.396. The van der Waals surface area contributed by atoms with Crippen LogP contribution < -0.4 is 0 Å². The third-order valence-corrected chi connectivity index (χ3v) is 2.59. The summed E-state index contributed by atoms with van der Waals surface area (Å²) in [6.07, 6.45) is 4.14. The standard InChI is InChI=1S/C14H15NO/c1-11(16)14-6-4-12(5-7-14)9-13-3-2-8-15-10-13/h2-8,10-11,16H,9H2,1H3/t11-/m1/s1. The summed E-state index contributed by atoms with van der Waals surface area (Å²) >= 11 is 0. The lowest BCUT2D eigenvalue weighted by Crippen LogP contribution is -1.93. The van der Waals surface area contributed by atoms with Gasteiger partial charge in [-0.05, 0) is 36.1 Å². The van der Waals surface area contributed by atoms with Crippen molar-refractivity contribution >= 4 is 0 Å². The highest BCUT2D eigenvalue weighted by Gasteiger charge is 2.00. The Labute approximate surface area is 95.6 Å². The van der Waals surface area contributed by atoms with Crippen molar-refractivity contribution in [3.8, 4) is 0 Å². The van der Waals surface area contributed by atoms with Gasteiger partial charge in [-0.25, -0.2) is 0 Å². The minimum Gasteiger partial charge on any atom is -0.389 e. The largest absolute Gasteiger partial charge is 0.389 e. The maximum atomic E-state index is 9.39. The highest BCUT2D eigenvalue weighted by Crippen LogP contribution is 2.14. The quantitative estimate of drug-likeness (QED) is 0.850. The highest BCUT2D eigenvalue weighted by atomic mass is 16.3. The first kappa shape index (κ1) is 10.8. The molecule has 2 heteroatoms. The summed E-state index contributed by atoms with van der Waals surface area (Å²) in [6, 6.07) is 12.0. The van der Waals surface area contributed by atoms with Crippen molar-refractivity contribution in [1.29, 1.82) is 0 Å². The normalized spacial score (nSPS) is 12.4. The van der Waals surface area contributed by atoms with Crippen LogP contribution in [0.4, 0.5) is 0 Å². The summed E-state index contributed by atoms with van der Waals surface area (Å²) in [5.41, 5.74) is 3.39. The predicted octanol–water partition coefficient (Wildman–Crippen LogP) is 2.73. The molecule has 82 valence electrons. The molecule has 1 N–H and O–H groups in total. The molecule has 16 heavy (non-hydrogen) atoms. The van der Waals surface area contributed by atoms with Crippen molar-refractivity contribution in [2.24, 2.45) is 0 Å². The average molecular weight is 213 g/mol. The van der Waals surface area contributed by atoms with Gasteiger partial charge in [0.1, 0.15) is 0 Å². The summed E-state index contributed by atoms with van der Waals surface area (Å²) in [4.78, 5) is 4.09. The first-order valence-corrected chi connectivity index (χ1v) is 5.41. The van der Waals surface area contributed by atoms with Crippen LogP contribution in [0.3, 0.4) is 0 Å². The predicted molar refractivity (Wildman–Crippen MR) is 64.1 cm³/mol. The van der Waals surface area contributed by atoms with E-state index in [9.17, 15) is 5.11 Å². The molecule has 0 aliphatic heterocycles. The van der Waals surface area contributed by atoms with Crippen molar-refractivity contribution in [1.82, 2.24) is 4.98 Å². The first-order chi connectivity index (χ1) is 7.75. The summed E-state index contributed by atoms with van der Waals surface area (Å²) in [5, 5.41) is 9.39. The van der Waals surface area contributed by atoms with Crippen molar-refractivity contribution in [2.45, 2.75) is 19.4 Å². The molecule has 0 spiro atoms. The number of nitrogens with zero attached hydrogens (tertiary/aromatic N) is 1. The second kappa shape index (κ2) is 4.90. The molecular weight excluding hydrogens is 198 g/mol. The van der Waals surface area contributed by atoms with E-state index in [1.165, 1.54) is 11.1 Å². The number of aromatic nitrogens is 1. The molecule has 1 heterocycles. The van der Waals surface area contributed by atoms with Crippen LogP contribution in [0.1, 0.15) is 29.7 Å². The Kier molecular flexibility index (Phi) is 3.32. The van der Waals surface area contributed by atoms with Gasteiger partial charge in [0.25, 0.3) is 0 Å². The van der Waals surface area contributed by atoms with Crippen LogP contribution in [0.5, 0.6) is 0 Å². The van der Waals surface area contributed by atoms with E-state index in [1.54, 1.807) is 13.1 Å². The van der Waals surface area contributed by atoms with Gasteiger partial charge in [-0.1, -0.05) is 30.3 Å². The fourth-order valence-corrected chi connectivity index (χ4v) is 1.65. The van der Waals surface area contributed by atoms with E-state index in [2.05, 4.69) is 23.2 Å². The average Bonchev–Trinajstić information content (AvgIpc) is 2.31. The van der Waals surface area contributed by atoms with Crippen LogP contribution in [-0.2, 0) is 6.42 Å². The molecule has 2 nitrogen and oxygen atoms in total. The molecular formula is C14H15NO. The summed E-state index contributed by atoms with van der Waals surface area (Å²) in [7, 11) is 0. The number of aliphatic hydroxyl groups excluding tert-OH is 1. The van der Waals surface area contributed by atoms with E-state index in [1.807, 2.05) is 24.4 Å². The SMILES string of the molecule is C[C@@H](O)c1ccc(Cc2cccnc2)cc1. The maximum Gasteiger partial charge on any atom is 0.0761 e. The van der Waals surface area contributed by atoms with Gasteiger partial charge < -0.3 is 5.11 Å². The molecule has 0 amide bonds. The zero-order valence-electron chi connectivity index (χ0n) is 9.30. The van der Waals surface area contributed by atoms with Crippen LogP contribution >= 0.6 is 0 Å². The second-order valence-corrected chi connectivity index (χ2v) is 3.96. The van der Waals surface area contributed by atoms with Crippen molar-refractivity contribution in [3.05, 3.63) is 65.5 Å². The molecule has 2 aromatic rings. The number of aliphatic hydroxyl groups is 1. The Morgan fingerprint density at radius 3 is 2.44 bits per heavy atom. The fourth-order valence-electron chi connectivity index (χ4n) is 1.65. The third kappa shape index (κ3) is 2.67. The lowest BCUT2D eigenvalue weighted by atomic mass is 10.0. The molecule has 0 fully saturated rings. The number of benzene rings is 1. The number of hydrogen-bond donors (Lipinski definition) is 1. The summed E-state index contributed by atoms with van der Waals surface area (Å²) < 4.78 is 0. The van der Waals surface area contributed by atoms with E-state index >= 15 is 0 Å². The van der Waals surface area contributed by atoms with Crippen molar-refractivity contribution < 1.29 is 5.11 Å². The topological polar surface area (TPSA) is 33.1 Å². The van der Waals surface area contributed by atoms with E-state index in [0.29, 0.717) is 0 Å². The van der Waals surface area contributed by atoms with Gasteiger partial charge in [-0.2, -0.15) is 0 Å². The van der Waals surface area contributed by atoms with Crippen LogP contribution in [0.2, 0.25) is 0 Å². The first-order valence-electron chi connectivity index (χ1n) is 5.41. The molecule has 1 aromatic heterocycles. The maximum absolute atomic E-state index is 9.39. The Morgan fingerprint density at radius 2 is 1.88 bits per heavy atom. The Bertz CT molecular complexity index is 434. The molecule has 1 aromatic carbocycles. The molecule has 0 saturated heterocycles. The lowest BCUT2D eigenvalue weighted by Gasteiger charge is -2.06. The summed E-state index contributed by atoms with van der Waals surface area (Å²) in [6.45, 7) is 1.77. The van der Waals surface area contributed by atoms with Crippen molar-refractivity contribution in [3.63, 3.8) is 0 Å². The monoisotopic (exact) mass is 213 g/mol. The molecule has 0 radical (unpaired) electrons. The van der Waals surface area contributed by atoms with Crippen LogP contribution in [-0.4, -0.2) is 10.1 Å². The van der Waals surface area contributed by atoms with Gasteiger partial charge in [-0.3, -0.25) is 4.98 Å². The Hall–Kier alpha value is -1.67. The third-order valence-electron chi connectivity index (χ3n) is 2.59. The molecule has 0 bridgehead atoms. The second-order valence-electron chi connectivity index (χ2n) is 3.96. The molecule has 0 aliphatic rings. The number of rotatable bonds is 3. The van der Waals surface area contributed by atoms with Crippen LogP contribution in [0, 0.1) is 0 Å². The van der Waals surface area contributed by atoms with Crippen LogP contribution in [0.15, 0.2) is 48.8 Å². The zero-order chi connectivity index (χ0) is 11.4. The van der Waals surface area contributed by atoms with E-state index in [4.69, 9.17) is 0 Å². The minimum absolute atomic E-state index is 0.396. The van der Waals surface area contributed by atoms with Gasteiger partial charge in [0.05, 0.1) is 6.10 Å². The Balaban J connectivity index is 2.11. The van der Waals surface area contributed by atoms with Gasteiger partial charge in [0.2, 0.25) is 0 Å². The molecule has 1 atom stereocenters. The Morgan fingerprint density at radius 1 is 1.12 bits per heavy atom. The van der Waals surface area contributed by atoms with Crippen LogP contribution in [0.25, 0.3) is 0 Å². The van der Waals surface area contributed by atoms with Crippen molar-refractivity contribution in [2.75, 3.05) is 0 Å². The summed E-state index contributed by atoms with van der Waals surface area (Å²) in [5.74, 6) is 0. The van der Waals surface area contributed by atoms with E-state index in [-0.39, 0.29) is 0 Å². The van der Waals surface area contributed by atoms with E-state index in [0.717, 1.165) is 12.0 Å². The van der Waals surface area contributed by atoms with Gasteiger partial charge in [-0.15, -0.1) is 0 Å². The zero-order valence-corrected chi connectivity index (χ0v) is 9.30. The molecule has 0 aliphatic carbocycles. The van der Waals surface area contributed by atoms with Gasteiger partial charge >= 0.3 is 0 Å². The highest BCUT2D eigenvalue weighted by molar-refractivity contribution is 5.28. The lowest BCUT2D eigenvalue weighted by molar-refractivity contribution is 0.199.